The Labute approximate surface area is 172 Å². The highest BCUT2D eigenvalue weighted by molar-refractivity contribution is 6.33. The van der Waals surface area contributed by atoms with Crippen molar-refractivity contribution in [2.24, 2.45) is 0 Å². The van der Waals surface area contributed by atoms with Gasteiger partial charge in [0.05, 0.1) is 17.7 Å². The lowest BCUT2D eigenvalue weighted by molar-refractivity contribution is -0.192. The normalized spacial score (nSPS) is 17.8. The predicted octanol–water partition coefficient (Wildman–Crippen LogP) is 3.01. The monoisotopic (exact) mass is 441 g/mol. The molecule has 0 saturated carbocycles. The Morgan fingerprint density at radius 2 is 1.80 bits per heavy atom. The van der Waals surface area contributed by atoms with Gasteiger partial charge in [-0.2, -0.15) is 13.2 Å². The topological polar surface area (TPSA) is 104 Å². The SMILES string of the molecule is O=C(N[C@@H]1c2ccccc2C[C@@H]1O)c1nc(Cl)c2ccccn12.O=C(O)C(F)(F)F. The molecule has 3 N–H and O–H groups in total. The van der Waals surface area contributed by atoms with Gasteiger partial charge in [0.1, 0.15) is 0 Å². The number of hydrogen-bond acceptors (Lipinski definition) is 4. The maximum absolute atomic E-state index is 12.6. The second kappa shape index (κ2) is 8.33. The molecule has 0 unspecified atom stereocenters. The third kappa shape index (κ3) is 4.39. The number of aliphatic hydroxyl groups is 1. The Hall–Kier alpha value is -3.11. The minimum absolute atomic E-state index is 0.210. The van der Waals surface area contributed by atoms with Crippen molar-refractivity contribution in [3.8, 4) is 0 Å². The van der Waals surface area contributed by atoms with Crippen LogP contribution in [0, 0.1) is 0 Å². The van der Waals surface area contributed by atoms with Gasteiger partial charge in [-0.1, -0.05) is 41.9 Å². The summed E-state index contributed by atoms with van der Waals surface area (Å²) in [6.45, 7) is 0. The molecule has 0 spiro atoms. The fraction of sp³-hybridized carbons (Fsp3) is 0.211. The maximum Gasteiger partial charge on any atom is 0.490 e. The summed E-state index contributed by atoms with van der Waals surface area (Å²) in [7, 11) is 0. The standard InChI is InChI=1S/C17H14ClN3O2.C2HF3O2/c18-15-12-7-3-4-8-21(12)16(20-15)17(23)19-14-11-6-2-1-5-10(11)9-13(14)22;3-2(4,5)1(6)7/h1-8,13-14,22H,9H2,(H,19,23);(H,6,7)/t13-,14+;/m0./s1. The molecule has 11 heteroatoms. The molecule has 1 aromatic carbocycles. The molecule has 2 aromatic heterocycles. The van der Waals surface area contributed by atoms with E-state index in [1.54, 1.807) is 16.7 Å². The van der Waals surface area contributed by atoms with Crippen molar-refractivity contribution in [3.05, 3.63) is 70.8 Å². The number of nitrogens with zero attached hydrogens (tertiary/aromatic N) is 2. The molecule has 0 saturated heterocycles. The number of aliphatic carboxylic acids is 1. The van der Waals surface area contributed by atoms with Gasteiger partial charge in [0, 0.05) is 12.6 Å². The van der Waals surface area contributed by atoms with Crippen LogP contribution in [0.1, 0.15) is 27.8 Å². The van der Waals surface area contributed by atoms with Gasteiger partial charge in [-0.15, -0.1) is 0 Å². The number of aromatic nitrogens is 2. The average Bonchev–Trinajstić information content (AvgIpc) is 3.19. The number of carboxylic acids is 1. The van der Waals surface area contributed by atoms with Crippen molar-refractivity contribution < 1.29 is 33.0 Å². The van der Waals surface area contributed by atoms with Gasteiger partial charge in [0.2, 0.25) is 5.82 Å². The van der Waals surface area contributed by atoms with Crippen LogP contribution < -0.4 is 5.32 Å². The van der Waals surface area contributed by atoms with Crippen molar-refractivity contribution in [3.63, 3.8) is 0 Å². The van der Waals surface area contributed by atoms with Crippen LogP contribution in [-0.2, 0) is 11.2 Å². The fourth-order valence-corrected chi connectivity index (χ4v) is 3.35. The van der Waals surface area contributed by atoms with Crippen LogP contribution >= 0.6 is 11.6 Å². The third-order valence-electron chi connectivity index (χ3n) is 4.44. The van der Waals surface area contributed by atoms with E-state index in [9.17, 15) is 23.1 Å². The molecule has 0 fully saturated rings. The minimum atomic E-state index is -5.08. The van der Waals surface area contributed by atoms with Crippen LogP contribution in [0.3, 0.4) is 0 Å². The number of fused-ring (bicyclic) bond motifs is 2. The summed E-state index contributed by atoms with van der Waals surface area (Å²) < 4.78 is 33.4. The number of carbonyl (C=O) groups is 2. The smallest absolute Gasteiger partial charge is 0.475 e. The number of pyridine rings is 1. The Kier molecular flexibility index (Phi) is 5.99. The number of imidazole rings is 1. The molecule has 0 radical (unpaired) electrons. The number of benzene rings is 1. The Balaban J connectivity index is 0.000000318. The van der Waals surface area contributed by atoms with Crippen LogP contribution in [0.5, 0.6) is 0 Å². The van der Waals surface area contributed by atoms with Crippen molar-refractivity contribution >= 4 is 29.0 Å². The van der Waals surface area contributed by atoms with Crippen molar-refractivity contribution in [1.82, 2.24) is 14.7 Å². The van der Waals surface area contributed by atoms with Crippen LogP contribution in [-0.4, -0.2) is 43.8 Å². The molecule has 1 aliphatic carbocycles. The highest BCUT2D eigenvalue weighted by Gasteiger charge is 2.38. The first kappa shape index (κ1) is 21.6. The molecular formula is C19H15ClF3N3O4. The second-order valence-corrected chi connectivity index (χ2v) is 6.76. The number of carboxylic acid groups (broad SMARTS) is 1. The number of amides is 1. The Bertz CT molecular complexity index is 1100. The Morgan fingerprint density at radius 3 is 2.47 bits per heavy atom. The van der Waals surface area contributed by atoms with Crippen LogP contribution in [0.25, 0.3) is 5.52 Å². The predicted molar refractivity (Wildman–Crippen MR) is 100 cm³/mol. The number of rotatable bonds is 2. The van der Waals surface area contributed by atoms with E-state index in [4.69, 9.17) is 21.5 Å². The number of nitrogens with one attached hydrogen (secondary N) is 1. The number of halogens is 4. The summed E-state index contributed by atoms with van der Waals surface area (Å²) in [6, 6.07) is 12.7. The van der Waals surface area contributed by atoms with E-state index in [1.165, 1.54) is 0 Å². The molecule has 0 aliphatic heterocycles. The number of alkyl halides is 3. The summed E-state index contributed by atoms with van der Waals surface area (Å²) >= 11 is 6.09. The van der Waals surface area contributed by atoms with Crippen molar-refractivity contribution in [2.45, 2.75) is 24.7 Å². The molecule has 0 bridgehead atoms. The van der Waals surface area contributed by atoms with Gasteiger partial charge >= 0.3 is 12.1 Å². The molecular weight excluding hydrogens is 427 g/mol. The summed E-state index contributed by atoms with van der Waals surface area (Å²) in [5.41, 5.74) is 2.67. The van der Waals surface area contributed by atoms with Gasteiger partial charge < -0.3 is 15.5 Å². The number of hydrogen-bond donors (Lipinski definition) is 3. The fourth-order valence-electron chi connectivity index (χ4n) is 3.11. The summed E-state index contributed by atoms with van der Waals surface area (Å²) in [5, 5.41) is 20.5. The highest BCUT2D eigenvalue weighted by Crippen LogP contribution is 2.31. The van der Waals surface area contributed by atoms with E-state index < -0.39 is 24.3 Å². The van der Waals surface area contributed by atoms with Gasteiger partial charge in [-0.3, -0.25) is 9.20 Å². The summed E-state index contributed by atoms with van der Waals surface area (Å²) in [5.74, 6) is -2.91. The minimum Gasteiger partial charge on any atom is -0.475 e. The van der Waals surface area contributed by atoms with Crippen LogP contribution in [0.15, 0.2) is 48.7 Å². The lowest BCUT2D eigenvalue weighted by atomic mass is 10.1. The number of carbonyl (C=O) groups excluding carboxylic acids is 1. The van der Waals surface area contributed by atoms with E-state index in [0.717, 1.165) is 11.1 Å². The zero-order chi connectivity index (χ0) is 22.1. The quantitative estimate of drug-likeness (QED) is 0.567. The van der Waals surface area contributed by atoms with Crippen molar-refractivity contribution in [2.75, 3.05) is 0 Å². The molecule has 7 nitrogen and oxygen atoms in total. The molecule has 2 heterocycles. The second-order valence-electron chi connectivity index (χ2n) is 6.41. The van der Waals surface area contributed by atoms with Gasteiger partial charge in [-0.25, -0.2) is 9.78 Å². The van der Waals surface area contributed by atoms with Gasteiger partial charge in [0.15, 0.2) is 5.15 Å². The molecule has 3 aromatic rings. The Morgan fingerprint density at radius 1 is 1.17 bits per heavy atom. The van der Waals surface area contributed by atoms with Crippen molar-refractivity contribution in [1.29, 1.82) is 0 Å². The summed E-state index contributed by atoms with van der Waals surface area (Å²) in [4.78, 5) is 25.7. The first-order valence-electron chi connectivity index (χ1n) is 8.59. The van der Waals surface area contributed by atoms with E-state index in [2.05, 4.69) is 10.3 Å². The largest absolute Gasteiger partial charge is 0.490 e. The molecule has 158 valence electrons. The van der Waals surface area contributed by atoms with E-state index in [1.807, 2.05) is 36.4 Å². The first-order valence-corrected chi connectivity index (χ1v) is 8.97. The van der Waals surface area contributed by atoms with E-state index in [0.29, 0.717) is 11.9 Å². The van der Waals surface area contributed by atoms with Crippen LogP contribution in [0.2, 0.25) is 5.15 Å². The van der Waals surface area contributed by atoms with Gasteiger partial charge in [-0.05, 0) is 23.3 Å². The molecule has 4 rings (SSSR count). The van der Waals surface area contributed by atoms with E-state index in [-0.39, 0.29) is 16.9 Å². The molecule has 1 amide bonds. The maximum atomic E-state index is 12.6. The number of aliphatic hydroxyl groups excluding tert-OH is 1. The van der Waals surface area contributed by atoms with Gasteiger partial charge in [0.25, 0.3) is 5.91 Å². The zero-order valence-electron chi connectivity index (χ0n) is 15.1. The molecule has 30 heavy (non-hydrogen) atoms. The van der Waals surface area contributed by atoms with E-state index >= 15 is 0 Å². The summed E-state index contributed by atoms with van der Waals surface area (Å²) in [6.07, 6.45) is -3.45. The first-order chi connectivity index (χ1) is 14.1. The molecule has 2 atom stereocenters. The van der Waals surface area contributed by atoms with Crippen LogP contribution in [0.4, 0.5) is 13.2 Å². The third-order valence-corrected chi connectivity index (χ3v) is 4.72. The lowest BCUT2D eigenvalue weighted by Gasteiger charge is -2.17. The zero-order valence-corrected chi connectivity index (χ0v) is 15.9. The highest BCUT2D eigenvalue weighted by atomic mass is 35.5. The lowest BCUT2D eigenvalue weighted by Crippen LogP contribution is -2.34. The average molecular weight is 442 g/mol. The molecule has 1 aliphatic rings.